The number of aromatic nitrogens is 1. The third kappa shape index (κ3) is 2.53. The van der Waals surface area contributed by atoms with Crippen molar-refractivity contribution in [1.29, 1.82) is 0 Å². The monoisotopic (exact) mass is 181 g/mol. The maximum Gasteiger partial charge on any atom is 3.00 e. The van der Waals surface area contributed by atoms with Crippen molar-refractivity contribution in [3.63, 3.8) is 0 Å². The molecule has 36 valence electrons. The van der Waals surface area contributed by atoms with E-state index in [1.165, 1.54) is 5.56 Å². The van der Waals surface area contributed by atoms with Crippen LogP contribution in [-0.4, -0.2) is 4.98 Å². The summed E-state index contributed by atoms with van der Waals surface area (Å²) in [4.78, 5) is 3.76. The number of pyridine rings is 1. The molecule has 8 heavy (non-hydrogen) atoms. The maximum atomic E-state index is 3.76. The van der Waals surface area contributed by atoms with Crippen LogP contribution in [-0.2, 0) is 32.7 Å². The van der Waals surface area contributed by atoms with E-state index < -0.39 is 0 Å². The van der Waals surface area contributed by atoms with Gasteiger partial charge in [0.2, 0.25) is 0 Å². The summed E-state index contributed by atoms with van der Waals surface area (Å²) in [6.07, 6.45) is 4.46. The van der Waals surface area contributed by atoms with Gasteiger partial charge in [-0.25, -0.2) is 0 Å². The van der Waals surface area contributed by atoms with E-state index in [0.29, 0.717) is 0 Å². The van der Waals surface area contributed by atoms with Gasteiger partial charge in [0.25, 0.3) is 0 Å². The van der Waals surface area contributed by atoms with Gasteiger partial charge in [-0.15, -0.1) is 5.56 Å². The molecule has 1 aromatic heterocycles. The molecule has 0 spiro atoms. The van der Waals surface area contributed by atoms with Crippen LogP contribution in [0.1, 0.15) is 5.56 Å². The number of rotatable bonds is 0. The first-order valence-electron chi connectivity index (χ1n) is 2.18. The van der Waals surface area contributed by atoms with Crippen LogP contribution in [0.15, 0.2) is 18.3 Å². The molecule has 0 bridgehead atoms. The van der Waals surface area contributed by atoms with E-state index in [2.05, 4.69) is 11.2 Å². The van der Waals surface area contributed by atoms with Crippen LogP contribution >= 0.6 is 0 Å². The van der Waals surface area contributed by atoms with Gasteiger partial charge in [0.05, 0.1) is 0 Å². The second kappa shape index (κ2) is 4.16. The van der Waals surface area contributed by atoms with Gasteiger partial charge in [-0.3, -0.25) is 0 Å². The standard InChI is InChI=1S/C6H6N.Y/c1-6-3-2-4-7-5-6;/h2-3,5H,1H3;/q-1;+3. The molecule has 0 saturated heterocycles. The molecule has 0 radical (unpaired) electrons. The van der Waals surface area contributed by atoms with Crippen LogP contribution in [0.25, 0.3) is 0 Å². The average molecular weight is 181 g/mol. The van der Waals surface area contributed by atoms with Crippen LogP contribution in [0.5, 0.6) is 0 Å². The van der Waals surface area contributed by atoms with Crippen LogP contribution in [0.3, 0.4) is 0 Å². The average Bonchev–Trinajstić information content (AvgIpc) is 1.69. The molecular formula is C6H6NY+2. The molecule has 0 aliphatic rings. The Morgan fingerprint density at radius 1 is 1.62 bits per heavy atom. The van der Waals surface area contributed by atoms with Crippen LogP contribution in [0, 0.1) is 13.1 Å². The summed E-state index contributed by atoms with van der Waals surface area (Å²) in [6, 6.07) is 3.77. The zero-order chi connectivity index (χ0) is 5.11. The molecule has 0 aliphatic heterocycles. The predicted octanol–water partition coefficient (Wildman–Crippen LogP) is 1.19. The Hall–Kier alpha value is 0.254. The van der Waals surface area contributed by atoms with Crippen molar-refractivity contribution in [3.8, 4) is 0 Å². The van der Waals surface area contributed by atoms with Gasteiger partial charge >= 0.3 is 32.7 Å². The van der Waals surface area contributed by atoms with Gasteiger partial charge in [0.15, 0.2) is 0 Å². The van der Waals surface area contributed by atoms with Crippen molar-refractivity contribution in [2.75, 3.05) is 0 Å². The third-order valence-electron chi connectivity index (χ3n) is 0.763. The van der Waals surface area contributed by atoms with Gasteiger partial charge in [0, 0.05) is 0 Å². The minimum Gasteiger partial charge on any atom is -0.394 e. The van der Waals surface area contributed by atoms with Gasteiger partial charge in [0.1, 0.15) is 0 Å². The Morgan fingerprint density at radius 2 is 2.38 bits per heavy atom. The minimum absolute atomic E-state index is 0. The number of hydrogen-bond acceptors (Lipinski definition) is 1. The zero-order valence-corrected chi connectivity index (χ0v) is 7.59. The van der Waals surface area contributed by atoms with E-state index in [1.54, 1.807) is 12.3 Å². The van der Waals surface area contributed by atoms with E-state index in [1.807, 2.05) is 13.0 Å². The molecule has 0 N–H and O–H groups in total. The summed E-state index contributed by atoms with van der Waals surface area (Å²) >= 11 is 0. The van der Waals surface area contributed by atoms with Crippen LogP contribution in [0.4, 0.5) is 0 Å². The largest absolute Gasteiger partial charge is 3.00 e. The van der Waals surface area contributed by atoms with Crippen molar-refractivity contribution in [2.45, 2.75) is 6.92 Å². The van der Waals surface area contributed by atoms with Crippen molar-refractivity contribution < 1.29 is 32.7 Å². The van der Waals surface area contributed by atoms with Crippen LogP contribution < -0.4 is 0 Å². The van der Waals surface area contributed by atoms with Gasteiger partial charge < -0.3 is 4.98 Å². The van der Waals surface area contributed by atoms with Crippen molar-refractivity contribution >= 4 is 0 Å². The summed E-state index contributed by atoms with van der Waals surface area (Å²) < 4.78 is 0. The first-order chi connectivity index (χ1) is 3.39. The summed E-state index contributed by atoms with van der Waals surface area (Å²) in [7, 11) is 0. The van der Waals surface area contributed by atoms with E-state index in [9.17, 15) is 0 Å². The summed E-state index contributed by atoms with van der Waals surface area (Å²) in [5.74, 6) is 0. The first-order valence-corrected chi connectivity index (χ1v) is 2.18. The van der Waals surface area contributed by atoms with E-state index in [0.717, 1.165) is 0 Å². The first kappa shape index (κ1) is 8.25. The van der Waals surface area contributed by atoms with Crippen molar-refractivity contribution in [2.24, 2.45) is 0 Å². The molecule has 0 atom stereocenters. The molecule has 1 aromatic rings. The summed E-state index contributed by atoms with van der Waals surface area (Å²) in [5.41, 5.74) is 1.18. The van der Waals surface area contributed by atoms with Gasteiger partial charge in [-0.1, -0.05) is 19.3 Å². The molecule has 1 rings (SSSR count). The van der Waals surface area contributed by atoms with E-state index in [-0.39, 0.29) is 32.7 Å². The third-order valence-corrected chi connectivity index (χ3v) is 0.763. The molecule has 2 heteroatoms. The molecule has 0 aliphatic carbocycles. The fraction of sp³-hybridized carbons (Fsp3) is 0.167. The topological polar surface area (TPSA) is 12.9 Å². The molecule has 0 fully saturated rings. The fourth-order valence-electron chi connectivity index (χ4n) is 0.394. The molecule has 0 aromatic carbocycles. The maximum absolute atomic E-state index is 3.76. The van der Waals surface area contributed by atoms with Crippen LogP contribution in [0.2, 0.25) is 0 Å². The predicted molar refractivity (Wildman–Crippen MR) is 27.8 cm³/mol. The van der Waals surface area contributed by atoms with E-state index >= 15 is 0 Å². The quantitative estimate of drug-likeness (QED) is 0.547. The molecule has 1 heterocycles. The van der Waals surface area contributed by atoms with Gasteiger partial charge in [-0.2, -0.15) is 12.1 Å². The second-order valence-electron chi connectivity index (χ2n) is 1.46. The number of aryl methyl sites for hydroxylation is 1. The van der Waals surface area contributed by atoms with Crippen molar-refractivity contribution in [1.82, 2.24) is 4.98 Å². The minimum atomic E-state index is 0. The molecule has 1 nitrogen and oxygen atoms in total. The summed E-state index contributed by atoms with van der Waals surface area (Å²) in [5, 5.41) is 0. The molecule has 0 amide bonds. The van der Waals surface area contributed by atoms with E-state index in [4.69, 9.17) is 0 Å². The Balaban J connectivity index is 0.000000490. The molecule has 0 unspecified atom stereocenters. The summed E-state index contributed by atoms with van der Waals surface area (Å²) in [6.45, 7) is 2.00. The normalized spacial score (nSPS) is 7.62. The fourth-order valence-corrected chi connectivity index (χ4v) is 0.394. The number of nitrogens with zero attached hydrogens (tertiary/aromatic N) is 1. The SMILES string of the molecule is Cc1cc[c-]nc1.[Y+3]. The number of hydrogen-bond donors (Lipinski definition) is 0. The second-order valence-corrected chi connectivity index (χ2v) is 1.46. The smallest absolute Gasteiger partial charge is 0.394 e. The van der Waals surface area contributed by atoms with Gasteiger partial charge in [-0.05, 0) is 0 Å². The van der Waals surface area contributed by atoms with Crippen molar-refractivity contribution in [3.05, 3.63) is 30.1 Å². The molecular weight excluding hydrogens is 175 g/mol. The Bertz CT molecular complexity index is 138. The molecule has 0 saturated carbocycles. The Kier molecular flexibility index (Phi) is 4.30. The zero-order valence-electron chi connectivity index (χ0n) is 4.76. The Morgan fingerprint density at radius 3 is 2.62 bits per heavy atom. The Labute approximate surface area is 74.4 Å².